The number of nitrogens with one attached hydrogen (secondary N) is 1. The van der Waals surface area contributed by atoms with Gasteiger partial charge < -0.3 is 34.9 Å². The van der Waals surface area contributed by atoms with Crippen molar-refractivity contribution in [2.45, 2.75) is 64.1 Å². The molecule has 3 fully saturated rings. The Hall–Kier alpha value is 0.0700. The van der Waals surface area contributed by atoms with Crippen molar-refractivity contribution in [1.29, 1.82) is 0 Å². The van der Waals surface area contributed by atoms with Crippen LogP contribution in [-0.4, -0.2) is 22.6 Å². The maximum Gasteiger partial charge on any atom is 0.0997 e. The molecule has 0 amide bonds. The van der Waals surface area contributed by atoms with Crippen LogP contribution in [-0.2, 0) is 17.4 Å². The quantitative estimate of drug-likeness (QED) is 0.638. The standard InChI is InChI=1S/C15H25NOS2/c1-8(2)16-10-3-4-11-12(7-10)9-5-13(11)14(6-9)17-15(18)19/h8-14,16H,3-7H2,1-2H3,(H,18,19)/p-1. The van der Waals surface area contributed by atoms with Gasteiger partial charge in [0.05, 0.1) is 6.10 Å². The summed E-state index contributed by atoms with van der Waals surface area (Å²) < 4.78 is 6.04. The lowest BCUT2D eigenvalue weighted by atomic mass is 9.68. The first-order valence-corrected chi connectivity index (χ1v) is 8.50. The smallest absolute Gasteiger partial charge is 0.0997 e. The Labute approximate surface area is 127 Å². The molecule has 0 spiro atoms. The molecule has 3 aliphatic carbocycles. The molecular weight excluding hydrogens is 274 g/mol. The van der Waals surface area contributed by atoms with E-state index in [0.717, 1.165) is 29.7 Å². The van der Waals surface area contributed by atoms with Gasteiger partial charge in [-0.3, -0.25) is 0 Å². The Morgan fingerprint density at radius 2 is 1.95 bits per heavy atom. The lowest BCUT2D eigenvalue weighted by Crippen LogP contribution is -2.44. The van der Waals surface area contributed by atoms with E-state index in [9.17, 15) is 0 Å². The van der Waals surface area contributed by atoms with Gasteiger partial charge in [0, 0.05) is 16.5 Å². The molecule has 3 saturated carbocycles. The van der Waals surface area contributed by atoms with E-state index in [2.05, 4.69) is 19.2 Å². The Balaban J connectivity index is 1.61. The van der Waals surface area contributed by atoms with Gasteiger partial charge in [-0.1, -0.05) is 13.8 Å². The molecule has 6 unspecified atom stereocenters. The zero-order valence-electron chi connectivity index (χ0n) is 11.8. The van der Waals surface area contributed by atoms with Crippen LogP contribution in [0, 0.1) is 23.7 Å². The summed E-state index contributed by atoms with van der Waals surface area (Å²) in [6.07, 6.45) is 6.94. The van der Waals surface area contributed by atoms with Crippen molar-refractivity contribution < 1.29 is 4.74 Å². The summed E-state index contributed by atoms with van der Waals surface area (Å²) in [7, 11) is 0. The predicted molar refractivity (Wildman–Crippen MR) is 83.9 cm³/mol. The summed E-state index contributed by atoms with van der Waals surface area (Å²) in [6, 6.07) is 1.34. The highest BCUT2D eigenvalue weighted by atomic mass is 32.1. The van der Waals surface area contributed by atoms with Crippen LogP contribution in [0.1, 0.15) is 46.0 Å². The van der Waals surface area contributed by atoms with Crippen LogP contribution in [0.4, 0.5) is 0 Å². The molecule has 2 nitrogen and oxygen atoms in total. The van der Waals surface area contributed by atoms with E-state index in [1.807, 2.05) is 0 Å². The lowest BCUT2D eigenvalue weighted by molar-refractivity contribution is 0.0386. The first-order chi connectivity index (χ1) is 9.04. The third kappa shape index (κ3) is 2.77. The maximum absolute atomic E-state index is 5.72. The second-order valence-corrected chi connectivity index (χ2v) is 7.96. The van der Waals surface area contributed by atoms with Gasteiger partial charge in [0.1, 0.15) is 0 Å². The topological polar surface area (TPSA) is 21.3 Å². The van der Waals surface area contributed by atoms with Crippen molar-refractivity contribution in [3.63, 3.8) is 0 Å². The Bertz CT molecular complexity index is 360. The van der Waals surface area contributed by atoms with E-state index in [1.165, 1.54) is 32.1 Å². The van der Waals surface area contributed by atoms with E-state index < -0.39 is 0 Å². The molecule has 0 aliphatic heterocycles. The summed E-state index contributed by atoms with van der Waals surface area (Å²) >= 11 is 9.89. The first-order valence-electron chi connectivity index (χ1n) is 7.68. The van der Waals surface area contributed by atoms with Crippen molar-refractivity contribution in [1.82, 2.24) is 5.32 Å². The summed E-state index contributed by atoms with van der Waals surface area (Å²) in [5.41, 5.74) is 0. The van der Waals surface area contributed by atoms with Crippen LogP contribution < -0.4 is 5.32 Å². The molecule has 0 aromatic carbocycles. The SMILES string of the molecule is CC(C)NC1CCC2C(C1)C1CC(OC(=S)[S-])C2C1. The summed E-state index contributed by atoms with van der Waals surface area (Å²) in [5.74, 6) is 3.39. The molecule has 1 N–H and O–H groups in total. The molecule has 0 aromatic rings. The molecule has 19 heavy (non-hydrogen) atoms. The fourth-order valence-corrected chi connectivity index (χ4v) is 5.30. The summed E-state index contributed by atoms with van der Waals surface area (Å²) in [6.45, 7) is 4.50. The largest absolute Gasteiger partial charge is 0.510 e. The van der Waals surface area contributed by atoms with E-state index in [-0.39, 0.29) is 0 Å². The molecule has 0 radical (unpaired) electrons. The number of fused-ring (bicyclic) bond motifs is 5. The van der Waals surface area contributed by atoms with Crippen LogP contribution in [0.25, 0.3) is 0 Å². The normalized spacial score (nSPS) is 44.4. The second-order valence-electron chi connectivity index (χ2n) is 6.96. The molecule has 108 valence electrons. The molecule has 0 heterocycles. The highest BCUT2D eigenvalue weighted by Crippen LogP contribution is 2.58. The Morgan fingerprint density at radius 3 is 2.63 bits per heavy atom. The van der Waals surface area contributed by atoms with Gasteiger partial charge in [-0.2, -0.15) is 0 Å². The van der Waals surface area contributed by atoms with Gasteiger partial charge in [0.15, 0.2) is 0 Å². The average molecular weight is 298 g/mol. The minimum Gasteiger partial charge on any atom is -0.510 e. The Kier molecular flexibility index (Phi) is 4.03. The van der Waals surface area contributed by atoms with E-state index in [0.29, 0.717) is 16.5 Å². The molecule has 0 aromatic heterocycles. The van der Waals surface area contributed by atoms with Crippen LogP contribution in [0.15, 0.2) is 0 Å². The minimum atomic E-state index is 0.323. The monoisotopic (exact) mass is 298 g/mol. The fourth-order valence-electron chi connectivity index (χ4n) is 5.06. The van der Waals surface area contributed by atoms with Crippen molar-refractivity contribution in [3.05, 3.63) is 0 Å². The van der Waals surface area contributed by atoms with E-state index in [4.69, 9.17) is 29.6 Å². The molecule has 0 saturated heterocycles. The number of hydrogen-bond acceptors (Lipinski definition) is 4. The highest BCUT2D eigenvalue weighted by molar-refractivity contribution is 7.99. The minimum absolute atomic E-state index is 0.323. The number of thiocarbonyl (C=S) groups is 1. The van der Waals surface area contributed by atoms with Crippen LogP contribution >= 0.6 is 12.2 Å². The summed E-state index contributed by atoms with van der Waals surface area (Å²) in [4.78, 5) is 0. The van der Waals surface area contributed by atoms with E-state index >= 15 is 0 Å². The molecule has 3 aliphatic rings. The number of hydrogen-bond donors (Lipinski definition) is 1. The zero-order valence-corrected chi connectivity index (χ0v) is 13.4. The Morgan fingerprint density at radius 1 is 1.16 bits per heavy atom. The maximum atomic E-state index is 5.72. The van der Waals surface area contributed by atoms with Crippen molar-refractivity contribution in [3.8, 4) is 0 Å². The number of ether oxygens (including phenoxy) is 1. The lowest BCUT2D eigenvalue weighted by Gasteiger charge is -2.42. The van der Waals surface area contributed by atoms with Gasteiger partial charge in [-0.15, -0.1) is 0 Å². The van der Waals surface area contributed by atoms with Crippen molar-refractivity contribution >= 4 is 29.2 Å². The van der Waals surface area contributed by atoms with Crippen LogP contribution in [0.5, 0.6) is 0 Å². The summed E-state index contributed by atoms with van der Waals surface area (Å²) in [5, 5.41) is 3.73. The fraction of sp³-hybridized carbons (Fsp3) is 0.933. The zero-order chi connectivity index (χ0) is 13.6. The third-order valence-electron chi connectivity index (χ3n) is 5.51. The van der Waals surface area contributed by atoms with Crippen molar-refractivity contribution in [2.75, 3.05) is 0 Å². The molecular formula is C15H24NOS2-. The number of rotatable bonds is 3. The second kappa shape index (κ2) is 5.45. The predicted octanol–water partition coefficient (Wildman–Crippen LogP) is 3.03. The van der Waals surface area contributed by atoms with Gasteiger partial charge in [-0.05, 0) is 55.8 Å². The average Bonchev–Trinajstić information content (AvgIpc) is 2.85. The highest BCUT2D eigenvalue weighted by Gasteiger charge is 2.54. The van der Waals surface area contributed by atoms with Gasteiger partial charge in [0.2, 0.25) is 0 Å². The molecule has 6 atom stereocenters. The molecule has 3 rings (SSSR count). The van der Waals surface area contributed by atoms with Gasteiger partial charge in [-0.25, -0.2) is 0 Å². The van der Waals surface area contributed by atoms with Gasteiger partial charge in [0.25, 0.3) is 0 Å². The molecule has 2 bridgehead atoms. The van der Waals surface area contributed by atoms with E-state index in [1.54, 1.807) is 0 Å². The van der Waals surface area contributed by atoms with Crippen molar-refractivity contribution in [2.24, 2.45) is 23.7 Å². The first kappa shape index (κ1) is 14.0. The van der Waals surface area contributed by atoms with Gasteiger partial charge >= 0.3 is 0 Å². The third-order valence-corrected chi connectivity index (χ3v) is 5.71. The van der Waals surface area contributed by atoms with Crippen LogP contribution in [0.2, 0.25) is 0 Å². The van der Waals surface area contributed by atoms with Crippen LogP contribution in [0.3, 0.4) is 0 Å². The molecule has 4 heteroatoms.